The number of carbonyl (C=O) groups excluding carboxylic acids is 2. The first kappa shape index (κ1) is 19.5. The summed E-state index contributed by atoms with van der Waals surface area (Å²) in [5.41, 5.74) is 0.277. The van der Waals surface area contributed by atoms with Gasteiger partial charge in [0.15, 0.2) is 0 Å². The predicted octanol–water partition coefficient (Wildman–Crippen LogP) is 2.84. The lowest BCUT2D eigenvalue weighted by molar-refractivity contribution is -0.384. The van der Waals surface area contributed by atoms with Crippen LogP contribution in [0.3, 0.4) is 0 Å². The third-order valence-corrected chi connectivity index (χ3v) is 4.97. The van der Waals surface area contributed by atoms with E-state index in [0.717, 1.165) is 5.56 Å². The molecule has 0 saturated carbocycles. The Bertz CT molecular complexity index is 885. The number of rotatable bonds is 7. The van der Waals surface area contributed by atoms with E-state index in [1.165, 1.54) is 29.2 Å². The standard InChI is InChI=1S/C20H22N4O4/c1-3-22(13-15-7-5-4-6-8-15)14-23-18(25)20(2,21-19(23)26)16-9-11-17(12-10-16)24(27)28/h4-12H,3,13-14H2,1-2H3,(H,21,26)/t20-/m0/s1. The second kappa shape index (κ2) is 7.77. The first-order valence-corrected chi connectivity index (χ1v) is 9.00. The first-order valence-electron chi connectivity index (χ1n) is 9.00. The molecule has 3 rings (SSSR count). The molecular weight excluding hydrogens is 360 g/mol. The van der Waals surface area contributed by atoms with E-state index in [1.54, 1.807) is 6.92 Å². The smallest absolute Gasteiger partial charge is 0.319 e. The Morgan fingerprint density at radius 3 is 2.32 bits per heavy atom. The Balaban J connectivity index is 1.77. The molecule has 1 N–H and O–H groups in total. The zero-order valence-corrected chi connectivity index (χ0v) is 15.8. The normalized spacial score (nSPS) is 19.2. The second-order valence-corrected chi connectivity index (χ2v) is 6.86. The average molecular weight is 382 g/mol. The van der Waals surface area contributed by atoms with E-state index >= 15 is 0 Å². The molecule has 8 heteroatoms. The van der Waals surface area contributed by atoms with E-state index < -0.39 is 16.5 Å². The van der Waals surface area contributed by atoms with Crippen LogP contribution in [0.2, 0.25) is 0 Å². The van der Waals surface area contributed by atoms with Gasteiger partial charge in [-0.3, -0.25) is 19.8 Å². The van der Waals surface area contributed by atoms with Crippen molar-refractivity contribution in [3.8, 4) is 0 Å². The molecule has 1 aliphatic rings. The van der Waals surface area contributed by atoms with E-state index in [4.69, 9.17) is 0 Å². The van der Waals surface area contributed by atoms with Gasteiger partial charge in [-0.2, -0.15) is 0 Å². The molecule has 28 heavy (non-hydrogen) atoms. The van der Waals surface area contributed by atoms with Crippen LogP contribution in [0, 0.1) is 10.1 Å². The number of non-ortho nitro benzene ring substituents is 1. The molecule has 1 fully saturated rings. The van der Waals surface area contributed by atoms with Crippen molar-refractivity contribution in [2.24, 2.45) is 0 Å². The number of hydrogen-bond acceptors (Lipinski definition) is 5. The van der Waals surface area contributed by atoms with E-state index in [-0.39, 0.29) is 18.3 Å². The van der Waals surface area contributed by atoms with Crippen molar-refractivity contribution in [3.05, 3.63) is 75.8 Å². The molecule has 1 atom stereocenters. The molecule has 3 amide bonds. The molecule has 0 bridgehead atoms. The Morgan fingerprint density at radius 1 is 1.11 bits per heavy atom. The lowest BCUT2D eigenvalue weighted by Crippen LogP contribution is -2.43. The zero-order valence-electron chi connectivity index (χ0n) is 15.8. The van der Waals surface area contributed by atoms with Gasteiger partial charge in [0.2, 0.25) is 0 Å². The van der Waals surface area contributed by atoms with Gasteiger partial charge in [0.1, 0.15) is 5.54 Å². The van der Waals surface area contributed by atoms with Gasteiger partial charge in [-0.15, -0.1) is 0 Å². The molecule has 0 radical (unpaired) electrons. The van der Waals surface area contributed by atoms with Gasteiger partial charge in [-0.25, -0.2) is 9.69 Å². The summed E-state index contributed by atoms with van der Waals surface area (Å²) in [5, 5.41) is 13.6. The molecule has 1 saturated heterocycles. The number of nitro benzene ring substituents is 1. The average Bonchev–Trinajstić information content (AvgIpc) is 2.92. The third-order valence-electron chi connectivity index (χ3n) is 4.97. The molecule has 1 heterocycles. The SMILES string of the molecule is CCN(Cc1ccccc1)CN1C(=O)N[C@@](C)(c2ccc([N+](=O)[O-])cc2)C1=O. The van der Waals surface area contributed by atoms with Crippen LogP contribution in [0.5, 0.6) is 0 Å². The predicted molar refractivity (Wildman–Crippen MR) is 103 cm³/mol. The maximum absolute atomic E-state index is 13.0. The minimum Gasteiger partial charge on any atom is -0.319 e. The summed E-state index contributed by atoms with van der Waals surface area (Å²) in [6.07, 6.45) is 0. The van der Waals surface area contributed by atoms with Crippen LogP contribution < -0.4 is 5.32 Å². The fourth-order valence-corrected chi connectivity index (χ4v) is 3.24. The number of imide groups is 1. The number of carbonyl (C=O) groups is 2. The third kappa shape index (κ3) is 3.72. The summed E-state index contributed by atoms with van der Waals surface area (Å²) in [4.78, 5) is 39.1. The Kier molecular flexibility index (Phi) is 5.41. The van der Waals surface area contributed by atoms with Crippen LogP contribution in [0.4, 0.5) is 10.5 Å². The maximum atomic E-state index is 13.0. The van der Waals surface area contributed by atoms with Crippen LogP contribution in [0.1, 0.15) is 25.0 Å². The molecule has 0 aliphatic carbocycles. The Labute approximate surface area is 162 Å². The highest BCUT2D eigenvalue weighted by Gasteiger charge is 2.49. The van der Waals surface area contributed by atoms with E-state index in [1.807, 2.05) is 42.2 Å². The molecule has 8 nitrogen and oxygen atoms in total. The van der Waals surface area contributed by atoms with Crippen LogP contribution in [-0.4, -0.2) is 39.9 Å². The summed E-state index contributed by atoms with van der Waals surface area (Å²) < 4.78 is 0. The molecule has 2 aromatic rings. The van der Waals surface area contributed by atoms with Crippen LogP contribution >= 0.6 is 0 Å². The largest absolute Gasteiger partial charge is 0.326 e. The van der Waals surface area contributed by atoms with Gasteiger partial charge in [0.25, 0.3) is 11.6 Å². The zero-order chi connectivity index (χ0) is 20.3. The van der Waals surface area contributed by atoms with Crippen molar-refractivity contribution in [1.82, 2.24) is 15.1 Å². The lowest BCUT2D eigenvalue weighted by atomic mass is 9.92. The van der Waals surface area contributed by atoms with Gasteiger partial charge < -0.3 is 5.32 Å². The number of nitrogens with zero attached hydrogens (tertiary/aromatic N) is 3. The molecule has 146 valence electrons. The lowest BCUT2D eigenvalue weighted by Gasteiger charge is -2.26. The Hall–Kier alpha value is -3.26. The second-order valence-electron chi connectivity index (χ2n) is 6.86. The van der Waals surface area contributed by atoms with E-state index in [2.05, 4.69) is 5.32 Å². The first-order chi connectivity index (χ1) is 13.3. The van der Waals surface area contributed by atoms with Crippen molar-refractivity contribution in [2.75, 3.05) is 13.2 Å². The highest BCUT2D eigenvalue weighted by Crippen LogP contribution is 2.30. The van der Waals surface area contributed by atoms with Crippen LogP contribution in [0.25, 0.3) is 0 Å². The molecular formula is C20H22N4O4. The summed E-state index contributed by atoms with van der Waals surface area (Å²) >= 11 is 0. The topological polar surface area (TPSA) is 95.8 Å². The number of amides is 3. The molecule has 0 unspecified atom stereocenters. The molecule has 1 aliphatic heterocycles. The summed E-state index contributed by atoms with van der Waals surface area (Å²) in [6, 6.07) is 15.0. The van der Waals surface area contributed by atoms with Crippen molar-refractivity contribution in [2.45, 2.75) is 25.9 Å². The maximum Gasteiger partial charge on any atom is 0.326 e. The minimum atomic E-state index is -1.25. The Morgan fingerprint density at radius 2 is 1.75 bits per heavy atom. The highest BCUT2D eigenvalue weighted by atomic mass is 16.6. The van der Waals surface area contributed by atoms with Gasteiger partial charge in [0.05, 0.1) is 11.6 Å². The van der Waals surface area contributed by atoms with Gasteiger partial charge in [0, 0.05) is 18.7 Å². The number of nitro groups is 1. The van der Waals surface area contributed by atoms with Gasteiger partial charge >= 0.3 is 6.03 Å². The monoisotopic (exact) mass is 382 g/mol. The van der Waals surface area contributed by atoms with E-state index in [0.29, 0.717) is 18.7 Å². The number of hydrogen-bond donors (Lipinski definition) is 1. The fraction of sp³-hybridized carbons (Fsp3) is 0.300. The van der Waals surface area contributed by atoms with Crippen molar-refractivity contribution >= 4 is 17.6 Å². The highest BCUT2D eigenvalue weighted by molar-refractivity contribution is 6.07. The number of benzene rings is 2. The molecule has 0 aromatic heterocycles. The van der Waals surface area contributed by atoms with Crippen molar-refractivity contribution in [3.63, 3.8) is 0 Å². The van der Waals surface area contributed by atoms with Crippen LogP contribution in [-0.2, 0) is 16.9 Å². The molecule has 0 spiro atoms. The fourth-order valence-electron chi connectivity index (χ4n) is 3.24. The van der Waals surface area contributed by atoms with Crippen molar-refractivity contribution < 1.29 is 14.5 Å². The quantitative estimate of drug-likeness (QED) is 0.451. The van der Waals surface area contributed by atoms with Gasteiger partial charge in [-0.1, -0.05) is 37.3 Å². The minimum absolute atomic E-state index is 0.0685. The molecule has 2 aromatic carbocycles. The number of nitrogens with one attached hydrogen (secondary N) is 1. The summed E-state index contributed by atoms with van der Waals surface area (Å²) in [7, 11) is 0. The van der Waals surface area contributed by atoms with Gasteiger partial charge in [-0.05, 0) is 36.7 Å². The number of urea groups is 1. The van der Waals surface area contributed by atoms with E-state index in [9.17, 15) is 19.7 Å². The summed E-state index contributed by atoms with van der Waals surface area (Å²) in [6.45, 7) is 5.03. The van der Waals surface area contributed by atoms with Crippen molar-refractivity contribution in [1.29, 1.82) is 0 Å². The summed E-state index contributed by atoms with van der Waals surface area (Å²) in [5.74, 6) is -0.377. The van der Waals surface area contributed by atoms with Crippen LogP contribution in [0.15, 0.2) is 54.6 Å².